The van der Waals surface area contributed by atoms with Gasteiger partial charge in [-0.1, -0.05) is 19.1 Å². The first-order chi connectivity index (χ1) is 11.1. The zero-order chi connectivity index (χ0) is 16.7. The molecule has 134 valence electrons. The number of nitro benzene ring substituents is 1. The van der Waals surface area contributed by atoms with E-state index >= 15 is 0 Å². The van der Waals surface area contributed by atoms with Crippen LogP contribution in [0.1, 0.15) is 25.3 Å². The molecule has 0 saturated carbocycles. The standard InChI is InChI=1S/C16H25N5O2.HI/c1-3-20-10-4-5-15(20)12-19-16(17-2)18-11-13-6-8-14(9-7-13)21(22)23;/h6-9,15H,3-5,10-12H2,1-2H3,(H2,17,18,19);1H. The van der Waals surface area contributed by atoms with Crippen molar-refractivity contribution in [3.8, 4) is 0 Å². The summed E-state index contributed by atoms with van der Waals surface area (Å²) in [4.78, 5) is 17.0. The SMILES string of the molecule is CCN1CCCC1CNC(=NC)NCc1ccc([N+](=O)[O-])cc1.I. The third-order valence-electron chi connectivity index (χ3n) is 4.24. The Morgan fingerprint density at radius 1 is 1.38 bits per heavy atom. The lowest BCUT2D eigenvalue weighted by Gasteiger charge is -2.24. The van der Waals surface area contributed by atoms with Gasteiger partial charge in [-0.05, 0) is 31.5 Å². The van der Waals surface area contributed by atoms with E-state index < -0.39 is 4.92 Å². The average Bonchev–Trinajstić information content (AvgIpc) is 3.03. The first-order valence-corrected chi connectivity index (χ1v) is 8.06. The molecule has 1 heterocycles. The number of hydrogen-bond acceptors (Lipinski definition) is 4. The Labute approximate surface area is 160 Å². The van der Waals surface area contributed by atoms with Gasteiger partial charge in [-0.2, -0.15) is 0 Å². The van der Waals surface area contributed by atoms with Gasteiger partial charge in [-0.25, -0.2) is 0 Å². The molecule has 0 amide bonds. The molecule has 0 spiro atoms. The molecule has 7 nitrogen and oxygen atoms in total. The summed E-state index contributed by atoms with van der Waals surface area (Å²) in [5.41, 5.74) is 1.09. The molecule has 0 aromatic heterocycles. The number of rotatable bonds is 6. The zero-order valence-electron chi connectivity index (χ0n) is 14.2. The van der Waals surface area contributed by atoms with Gasteiger partial charge in [-0.3, -0.25) is 20.0 Å². The molecule has 1 aliphatic heterocycles. The van der Waals surface area contributed by atoms with E-state index in [1.54, 1.807) is 19.2 Å². The van der Waals surface area contributed by atoms with E-state index in [9.17, 15) is 10.1 Å². The number of nitro groups is 1. The van der Waals surface area contributed by atoms with Gasteiger partial charge in [0.05, 0.1) is 4.92 Å². The molecule has 1 saturated heterocycles. The van der Waals surface area contributed by atoms with E-state index in [-0.39, 0.29) is 29.7 Å². The number of likely N-dealkylation sites (N-methyl/N-ethyl adjacent to an activating group) is 1. The maximum absolute atomic E-state index is 10.6. The number of benzene rings is 1. The normalized spacial score (nSPS) is 18.1. The molecular formula is C16H26IN5O2. The lowest BCUT2D eigenvalue weighted by atomic mass is 10.2. The van der Waals surface area contributed by atoms with Crippen molar-refractivity contribution in [1.29, 1.82) is 0 Å². The van der Waals surface area contributed by atoms with Crippen LogP contribution in [0.4, 0.5) is 5.69 Å². The molecular weight excluding hydrogens is 421 g/mol. The Bertz CT molecular complexity index is 550. The summed E-state index contributed by atoms with van der Waals surface area (Å²) in [7, 11) is 1.75. The Balaban J connectivity index is 0.00000288. The fraction of sp³-hybridized carbons (Fsp3) is 0.562. The molecule has 1 aromatic rings. The molecule has 1 aromatic carbocycles. The van der Waals surface area contributed by atoms with E-state index in [4.69, 9.17) is 0 Å². The van der Waals surface area contributed by atoms with E-state index in [0.29, 0.717) is 12.6 Å². The molecule has 1 unspecified atom stereocenters. The van der Waals surface area contributed by atoms with Gasteiger partial charge >= 0.3 is 0 Å². The molecule has 1 fully saturated rings. The summed E-state index contributed by atoms with van der Waals surface area (Å²) in [6.45, 7) is 5.92. The monoisotopic (exact) mass is 447 g/mol. The number of guanidine groups is 1. The second-order valence-electron chi connectivity index (χ2n) is 5.65. The van der Waals surface area contributed by atoms with Crippen molar-refractivity contribution in [1.82, 2.24) is 15.5 Å². The van der Waals surface area contributed by atoms with Crippen LogP contribution in [0.5, 0.6) is 0 Å². The summed E-state index contributed by atoms with van der Waals surface area (Å²) >= 11 is 0. The highest BCUT2D eigenvalue weighted by Crippen LogP contribution is 2.15. The van der Waals surface area contributed by atoms with Crippen LogP contribution in [0.3, 0.4) is 0 Å². The van der Waals surface area contributed by atoms with Crippen LogP contribution in [0.15, 0.2) is 29.3 Å². The predicted octanol–water partition coefficient (Wildman–Crippen LogP) is 2.36. The fourth-order valence-electron chi connectivity index (χ4n) is 2.90. The average molecular weight is 447 g/mol. The molecule has 0 radical (unpaired) electrons. The number of likely N-dealkylation sites (tertiary alicyclic amines) is 1. The van der Waals surface area contributed by atoms with Crippen LogP contribution in [0.2, 0.25) is 0 Å². The maximum Gasteiger partial charge on any atom is 0.269 e. The highest BCUT2D eigenvalue weighted by atomic mass is 127. The van der Waals surface area contributed by atoms with Crippen molar-refractivity contribution in [3.63, 3.8) is 0 Å². The highest BCUT2D eigenvalue weighted by Gasteiger charge is 2.22. The summed E-state index contributed by atoms with van der Waals surface area (Å²) in [6, 6.07) is 7.12. The molecule has 1 atom stereocenters. The Kier molecular flexibility index (Phi) is 8.98. The lowest BCUT2D eigenvalue weighted by molar-refractivity contribution is -0.384. The van der Waals surface area contributed by atoms with Crippen LogP contribution < -0.4 is 10.6 Å². The van der Waals surface area contributed by atoms with Gasteiger partial charge < -0.3 is 10.6 Å². The third kappa shape index (κ3) is 5.90. The van der Waals surface area contributed by atoms with Crippen molar-refractivity contribution in [2.45, 2.75) is 32.4 Å². The number of hydrogen-bond donors (Lipinski definition) is 2. The van der Waals surface area contributed by atoms with E-state index in [2.05, 4.69) is 27.4 Å². The fourth-order valence-corrected chi connectivity index (χ4v) is 2.90. The second-order valence-corrected chi connectivity index (χ2v) is 5.65. The first-order valence-electron chi connectivity index (χ1n) is 8.06. The molecule has 8 heteroatoms. The van der Waals surface area contributed by atoms with Crippen molar-refractivity contribution in [3.05, 3.63) is 39.9 Å². The Morgan fingerprint density at radius 3 is 2.67 bits per heavy atom. The van der Waals surface area contributed by atoms with E-state index in [0.717, 1.165) is 24.6 Å². The summed E-state index contributed by atoms with van der Waals surface area (Å²) in [5, 5.41) is 17.3. The quantitative estimate of drug-likeness (QED) is 0.230. The lowest BCUT2D eigenvalue weighted by Crippen LogP contribution is -2.44. The van der Waals surface area contributed by atoms with Gasteiger partial charge in [0.1, 0.15) is 0 Å². The minimum atomic E-state index is -0.390. The second kappa shape index (κ2) is 10.4. The van der Waals surface area contributed by atoms with Gasteiger partial charge in [0.15, 0.2) is 5.96 Å². The molecule has 0 bridgehead atoms. The number of aliphatic imine (C=N–C) groups is 1. The molecule has 2 N–H and O–H groups in total. The Hall–Kier alpha value is -1.42. The zero-order valence-corrected chi connectivity index (χ0v) is 16.5. The van der Waals surface area contributed by atoms with E-state index in [1.165, 1.54) is 31.5 Å². The molecule has 24 heavy (non-hydrogen) atoms. The summed E-state index contributed by atoms with van der Waals surface area (Å²) in [5.74, 6) is 0.756. The third-order valence-corrected chi connectivity index (χ3v) is 4.24. The first kappa shape index (κ1) is 20.6. The van der Waals surface area contributed by atoms with Crippen LogP contribution in [0.25, 0.3) is 0 Å². The highest BCUT2D eigenvalue weighted by molar-refractivity contribution is 14.0. The van der Waals surface area contributed by atoms with Crippen LogP contribution in [0, 0.1) is 10.1 Å². The summed E-state index contributed by atoms with van der Waals surface area (Å²) < 4.78 is 0. The minimum absolute atomic E-state index is 0. The largest absolute Gasteiger partial charge is 0.355 e. The molecule has 1 aliphatic rings. The van der Waals surface area contributed by atoms with Crippen molar-refractivity contribution in [2.75, 3.05) is 26.7 Å². The van der Waals surface area contributed by atoms with Gasteiger partial charge in [-0.15, -0.1) is 24.0 Å². The predicted molar refractivity (Wildman–Crippen MR) is 107 cm³/mol. The van der Waals surface area contributed by atoms with Crippen LogP contribution in [-0.2, 0) is 6.54 Å². The van der Waals surface area contributed by atoms with Crippen molar-refractivity contribution in [2.24, 2.45) is 4.99 Å². The number of nitrogens with zero attached hydrogens (tertiary/aromatic N) is 3. The number of halogens is 1. The molecule has 2 rings (SSSR count). The number of nitrogens with one attached hydrogen (secondary N) is 2. The smallest absolute Gasteiger partial charge is 0.269 e. The van der Waals surface area contributed by atoms with Gasteiger partial charge in [0.25, 0.3) is 5.69 Å². The summed E-state index contributed by atoms with van der Waals surface area (Å²) in [6.07, 6.45) is 2.48. The van der Waals surface area contributed by atoms with Crippen LogP contribution in [-0.4, -0.2) is 48.5 Å². The van der Waals surface area contributed by atoms with Crippen molar-refractivity contribution < 1.29 is 4.92 Å². The topological polar surface area (TPSA) is 82.8 Å². The molecule has 0 aliphatic carbocycles. The van der Waals surface area contributed by atoms with Gasteiger partial charge in [0, 0.05) is 38.3 Å². The van der Waals surface area contributed by atoms with Crippen molar-refractivity contribution >= 4 is 35.6 Å². The minimum Gasteiger partial charge on any atom is -0.355 e. The Morgan fingerprint density at radius 2 is 2.08 bits per heavy atom. The van der Waals surface area contributed by atoms with E-state index in [1.807, 2.05) is 0 Å². The van der Waals surface area contributed by atoms with Crippen LogP contribution >= 0.6 is 24.0 Å². The maximum atomic E-state index is 10.6. The van der Waals surface area contributed by atoms with Gasteiger partial charge in [0.2, 0.25) is 0 Å². The number of non-ortho nitro benzene ring substituents is 1.